The number of hydrogen-bond donors (Lipinski definition) is 0. The predicted octanol–water partition coefficient (Wildman–Crippen LogP) is 2.23. The summed E-state index contributed by atoms with van der Waals surface area (Å²) in [5, 5.41) is 11.4. The molecule has 2 fully saturated rings. The molecule has 9 heteroatoms. The van der Waals surface area contributed by atoms with E-state index in [4.69, 9.17) is 0 Å². The van der Waals surface area contributed by atoms with E-state index in [0.29, 0.717) is 31.1 Å². The van der Waals surface area contributed by atoms with Crippen LogP contribution in [0, 0.1) is 16.0 Å². The highest BCUT2D eigenvalue weighted by Gasteiger charge is 2.28. The number of nitro groups is 1. The van der Waals surface area contributed by atoms with Gasteiger partial charge in [0, 0.05) is 44.9 Å². The number of nitrogens with zero attached hydrogens (tertiary/aromatic N) is 3. The third-order valence-corrected chi connectivity index (χ3v) is 6.54. The zero-order valence-electron chi connectivity index (χ0n) is 15.5. The van der Waals surface area contributed by atoms with E-state index in [-0.39, 0.29) is 16.5 Å². The Balaban J connectivity index is 1.68. The number of benzene rings is 1. The van der Waals surface area contributed by atoms with E-state index in [1.165, 1.54) is 12.1 Å². The van der Waals surface area contributed by atoms with Crippen LogP contribution in [0.2, 0.25) is 0 Å². The zero-order chi connectivity index (χ0) is 19.6. The average molecular weight is 395 g/mol. The van der Waals surface area contributed by atoms with Gasteiger partial charge in [0.1, 0.15) is 5.69 Å². The summed E-state index contributed by atoms with van der Waals surface area (Å²) < 4.78 is 23.4. The molecule has 0 spiro atoms. The van der Waals surface area contributed by atoms with Crippen molar-refractivity contribution in [2.45, 2.75) is 37.0 Å². The summed E-state index contributed by atoms with van der Waals surface area (Å²) in [5.41, 5.74) is 0.280. The Morgan fingerprint density at radius 1 is 1.19 bits per heavy atom. The molecule has 27 heavy (non-hydrogen) atoms. The van der Waals surface area contributed by atoms with Crippen LogP contribution in [0.25, 0.3) is 0 Å². The maximum Gasteiger partial charge on any atom is 0.293 e. The smallest absolute Gasteiger partial charge is 0.293 e. The molecular weight excluding hydrogens is 370 g/mol. The number of likely N-dealkylation sites (tertiary alicyclic amines) is 1. The minimum atomic E-state index is -3.50. The first-order valence-corrected chi connectivity index (χ1v) is 11.2. The van der Waals surface area contributed by atoms with Crippen LogP contribution < -0.4 is 4.90 Å². The van der Waals surface area contributed by atoms with Crippen molar-refractivity contribution in [1.29, 1.82) is 0 Å². The molecule has 0 aromatic heterocycles. The van der Waals surface area contributed by atoms with E-state index in [2.05, 4.69) is 0 Å². The maximum atomic E-state index is 12.0. The first-order valence-electron chi connectivity index (χ1n) is 9.27. The minimum Gasteiger partial charge on any atom is -0.366 e. The van der Waals surface area contributed by atoms with Crippen LogP contribution in [-0.2, 0) is 14.6 Å². The molecule has 2 heterocycles. The van der Waals surface area contributed by atoms with Gasteiger partial charge >= 0.3 is 0 Å². The highest BCUT2D eigenvalue weighted by Crippen LogP contribution is 2.33. The SMILES string of the molecule is CS(=O)(=O)c1ccc(N2CCC(CN3CCCCC3=O)CC2)c([N+](=O)[O-])c1. The molecule has 0 radical (unpaired) electrons. The number of piperidine rings is 2. The van der Waals surface area contributed by atoms with Gasteiger partial charge in [-0.25, -0.2) is 8.42 Å². The summed E-state index contributed by atoms with van der Waals surface area (Å²) in [4.78, 5) is 26.7. The number of amides is 1. The van der Waals surface area contributed by atoms with Crippen molar-refractivity contribution in [2.24, 2.45) is 5.92 Å². The van der Waals surface area contributed by atoms with E-state index < -0.39 is 14.8 Å². The van der Waals surface area contributed by atoms with Crippen LogP contribution >= 0.6 is 0 Å². The molecule has 0 aliphatic carbocycles. The molecule has 148 valence electrons. The van der Waals surface area contributed by atoms with Gasteiger partial charge in [-0.3, -0.25) is 14.9 Å². The van der Waals surface area contributed by atoms with Gasteiger partial charge in [-0.05, 0) is 43.7 Å². The van der Waals surface area contributed by atoms with Crippen molar-refractivity contribution in [3.63, 3.8) is 0 Å². The molecule has 0 atom stereocenters. The molecule has 1 aromatic carbocycles. The number of carbonyl (C=O) groups is 1. The molecule has 1 amide bonds. The van der Waals surface area contributed by atoms with Gasteiger partial charge < -0.3 is 9.80 Å². The fourth-order valence-electron chi connectivity index (χ4n) is 3.87. The average Bonchev–Trinajstić information content (AvgIpc) is 2.63. The van der Waals surface area contributed by atoms with Crippen LogP contribution in [0.4, 0.5) is 11.4 Å². The fraction of sp³-hybridized carbons (Fsp3) is 0.611. The van der Waals surface area contributed by atoms with Gasteiger partial charge in [-0.1, -0.05) is 0 Å². The summed E-state index contributed by atoms with van der Waals surface area (Å²) in [6.45, 7) is 2.91. The van der Waals surface area contributed by atoms with Crippen molar-refractivity contribution < 1.29 is 18.1 Å². The van der Waals surface area contributed by atoms with Crippen molar-refractivity contribution in [2.75, 3.05) is 37.3 Å². The number of anilines is 1. The molecule has 8 nitrogen and oxygen atoms in total. The van der Waals surface area contributed by atoms with Crippen LogP contribution in [-0.4, -0.2) is 56.6 Å². The molecule has 2 aliphatic heterocycles. The summed E-state index contributed by atoms with van der Waals surface area (Å²) in [6.07, 6.45) is 5.42. The molecule has 2 saturated heterocycles. The van der Waals surface area contributed by atoms with Crippen LogP contribution in [0.5, 0.6) is 0 Å². The lowest BCUT2D eigenvalue weighted by Crippen LogP contribution is -2.42. The predicted molar refractivity (Wildman–Crippen MR) is 102 cm³/mol. The molecule has 0 unspecified atom stereocenters. The number of sulfone groups is 1. The Bertz CT molecular complexity index is 831. The minimum absolute atomic E-state index is 0.0450. The van der Waals surface area contributed by atoms with E-state index in [1.54, 1.807) is 0 Å². The second-order valence-corrected chi connectivity index (χ2v) is 9.42. The summed E-state index contributed by atoms with van der Waals surface area (Å²) >= 11 is 0. The Morgan fingerprint density at radius 3 is 2.48 bits per heavy atom. The third kappa shape index (κ3) is 4.58. The normalized spacial score (nSPS) is 19.4. The number of nitro benzene ring substituents is 1. The quantitative estimate of drug-likeness (QED) is 0.560. The largest absolute Gasteiger partial charge is 0.366 e. The Morgan fingerprint density at radius 2 is 1.89 bits per heavy atom. The van der Waals surface area contributed by atoms with Gasteiger partial charge in [-0.2, -0.15) is 0 Å². The van der Waals surface area contributed by atoms with Gasteiger partial charge in [0.15, 0.2) is 9.84 Å². The lowest BCUT2D eigenvalue weighted by molar-refractivity contribution is -0.384. The van der Waals surface area contributed by atoms with E-state index >= 15 is 0 Å². The molecule has 2 aliphatic rings. The van der Waals surface area contributed by atoms with Crippen LogP contribution in [0.1, 0.15) is 32.1 Å². The van der Waals surface area contributed by atoms with Crippen molar-refractivity contribution in [3.8, 4) is 0 Å². The lowest BCUT2D eigenvalue weighted by Gasteiger charge is -2.36. The molecule has 1 aromatic rings. The second kappa shape index (κ2) is 7.84. The van der Waals surface area contributed by atoms with E-state index in [1.807, 2.05) is 9.80 Å². The third-order valence-electron chi connectivity index (χ3n) is 5.43. The molecule has 0 N–H and O–H groups in total. The first-order chi connectivity index (χ1) is 12.8. The first kappa shape index (κ1) is 19.6. The van der Waals surface area contributed by atoms with Crippen LogP contribution in [0.3, 0.4) is 0 Å². The molecule has 0 bridgehead atoms. The number of rotatable bonds is 5. The molecule has 3 rings (SSSR count). The zero-order valence-corrected chi connectivity index (χ0v) is 16.3. The van der Waals surface area contributed by atoms with Crippen molar-refractivity contribution in [1.82, 2.24) is 4.90 Å². The Kier molecular flexibility index (Phi) is 5.69. The highest BCUT2D eigenvalue weighted by atomic mass is 32.2. The highest BCUT2D eigenvalue weighted by molar-refractivity contribution is 7.90. The van der Waals surface area contributed by atoms with E-state index in [0.717, 1.165) is 51.1 Å². The molecular formula is C18H25N3O5S. The van der Waals surface area contributed by atoms with Crippen molar-refractivity contribution in [3.05, 3.63) is 28.3 Å². The van der Waals surface area contributed by atoms with Gasteiger partial charge in [0.2, 0.25) is 5.91 Å². The van der Waals surface area contributed by atoms with E-state index in [9.17, 15) is 23.3 Å². The summed E-state index contributed by atoms with van der Waals surface area (Å²) in [7, 11) is -3.50. The standard InChI is InChI=1S/C18H25N3O5S/c1-27(25,26)15-5-6-16(17(12-15)21(23)24)19-10-7-14(8-11-19)13-20-9-3-2-4-18(20)22/h5-6,12,14H,2-4,7-11,13H2,1H3. The van der Waals surface area contributed by atoms with Crippen molar-refractivity contribution >= 4 is 27.1 Å². The summed E-state index contributed by atoms with van der Waals surface area (Å²) in [5.74, 6) is 0.633. The molecule has 0 saturated carbocycles. The Hall–Kier alpha value is -2.16. The lowest BCUT2D eigenvalue weighted by atomic mass is 9.94. The Labute approximate surface area is 159 Å². The monoisotopic (exact) mass is 395 g/mol. The number of hydrogen-bond acceptors (Lipinski definition) is 6. The van der Waals surface area contributed by atoms with Gasteiger partial charge in [-0.15, -0.1) is 0 Å². The second-order valence-electron chi connectivity index (χ2n) is 7.41. The topological polar surface area (TPSA) is 101 Å². The fourth-order valence-corrected chi connectivity index (χ4v) is 4.51. The van der Waals surface area contributed by atoms with Gasteiger partial charge in [0.25, 0.3) is 5.69 Å². The maximum absolute atomic E-state index is 12.0. The summed E-state index contributed by atoms with van der Waals surface area (Å²) in [6, 6.07) is 4.10. The van der Waals surface area contributed by atoms with Gasteiger partial charge in [0.05, 0.1) is 9.82 Å². The van der Waals surface area contributed by atoms with Crippen LogP contribution in [0.15, 0.2) is 23.1 Å². The number of carbonyl (C=O) groups excluding carboxylic acids is 1.